The standard InChI is InChI=1S/C13H23NO/c1-9(2)10-5-12-7-15-8-13(6-10)14(12)11-3-4-11/h9-13H,3-8H2,1-2H3/t10?,12-,13?/m0/s1. The second-order valence-electron chi connectivity index (χ2n) is 6.00. The largest absolute Gasteiger partial charge is 0.378 e. The Hall–Kier alpha value is -0.0800. The number of fused-ring (bicyclic) bond motifs is 2. The number of hydrogen-bond acceptors (Lipinski definition) is 2. The van der Waals surface area contributed by atoms with Gasteiger partial charge in [0.05, 0.1) is 13.2 Å². The van der Waals surface area contributed by atoms with Gasteiger partial charge in [0, 0.05) is 18.1 Å². The van der Waals surface area contributed by atoms with E-state index in [-0.39, 0.29) is 0 Å². The first-order valence-corrected chi connectivity index (χ1v) is 6.61. The van der Waals surface area contributed by atoms with Gasteiger partial charge in [0.25, 0.3) is 0 Å². The SMILES string of the molecule is CC(C)C1CC2COC[C@H](C1)N2C1CC1. The van der Waals surface area contributed by atoms with Gasteiger partial charge in [-0.2, -0.15) is 0 Å². The first-order valence-electron chi connectivity index (χ1n) is 6.61. The normalized spacial score (nSPS) is 42.2. The third-order valence-electron chi connectivity index (χ3n) is 4.52. The maximum absolute atomic E-state index is 5.73. The zero-order valence-electron chi connectivity index (χ0n) is 9.98. The highest BCUT2D eigenvalue weighted by molar-refractivity contribution is 4.99. The van der Waals surface area contributed by atoms with Crippen LogP contribution >= 0.6 is 0 Å². The van der Waals surface area contributed by atoms with Crippen molar-refractivity contribution in [3.63, 3.8) is 0 Å². The van der Waals surface area contributed by atoms with Gasteiger partial charge >= 0.3 is 0 Å². The Kier molecular flexibility index (Phi) is 2.52. The predicted octanol–water partition coefficient (Wildman–Crippen LogP) is 2.28. The van der Waals surface area contributed by atoms with E-state index >= 15 is 0 Å². The number of ether oxygens (including phenoxy) is 1. The van der Waals surface area contributed by atoms with Crippen molar-refractivity contribution in [2.24, 2.45) is 11.8 Å². The molecule has 86 valence electrons. The van der Waals surface area contributed by atoms with Crippen LogP contribution in [0.25, 0.3) is 0 Å². The third kappa shape index (κ3) is 1.83. The van der Waals surface area contributed by atoms with E-state index < -0.39 is 0 Å². The Morgan fingerprint density at radius 1 is 1.00 bits per heavy atom. The van der Waals surface area contributed by atoms with E-state index in [1.54, 1.807) is 0 Å². The molecular weight excluding hydrogens is 186 g/mol. The Labute approximate surface area is 93.0 Å². The van der Waals surface area contributed by atoms with E-state index in [4.69, 9.17) is 4.74 Å². The molecule has 3 aliphatic rings. The van der Waals surface area contributed by atoms with Gasteiger partial charge in [0.1, 0.15) is 0 Å². The molecule has 3 rings (SSSR count). The van der Waals surface area contributed by atoms with Crippen molar-refractivity contribution >= 4 is 0 Å². The van der Waals surface area contributed by atoms with Gasteiger partial charge in [-0.3, -0.25) is 4.90 Å². The number of morpholine rings is 1. The van der Waals surface area contributed by atoms with Crippen molar-refractivity contribution in [1.82, 2.24) is 4.90 Å². The number of hydrogen-bond donors (Lipinski definition) is 0. The average molecular weight is 209 g/mol. The lowest BCUT2D eigenvalue weighted by atomic mass is 9.78. The van der Waals surface area contributed by atoms with E-state index in [9.17, 15) is 0 Å². The minimum Gasteiger partial charge on any atom is -0.378 e. The summed E-state index contributed by atoms with van der Waals surface area (Å²) in [6.45, 7) is 6.76. The molecule has 0 radical (unpaired) electrons. The summed E-state index contributed by atoms with van der Waals surface area (Å²) in [5.74, 6) is 1.80. The Balaban J connectivity index is 1.73. The predicted molar refractivity (Wildman–Crippen MR) is 60.8 cm³/mol. The molecule has 3 atom stereocenters. The molecule has 0 spiro atoms. The summed E-state index contributed by atoms with van der Waals surface area (Å²) in [5, 5.41) is 0. The molecule has 15 heavy (non-hydrogen) atoms. The van der Waals surface area contributed by atoms with Crippen molar-refractivity contribution in [2.45, 2.75) is 57.7 Å². The van der Waals surface area contributed by atoms with E-state index in [0.29, 0.717) is 0 Å². The molecule has 3 fully saturated rings. The van der Waals surface area contributed by atoms with Crippen LogP contribution in [0.15, 0.2) is 0 Å². The highest BCUT2D eigenvalue weighted by atomic mass is 16.5. The molecule has 1 aliphatic carbocycles. The molecule has 0 aromatic carbocycles. The molecule has 2 heterocycles. The van der Waals surface area contributed by atoms with Crippen LogP contribution in [0.4, 0.5) is 0 Å². The summed E-state index contributed by atoms with van der Waals surface area (Å²) in [6.07, 6.45) is 5.65. The molecule has 2 unspecified atom stereocenters. The fourth-order valence-corrected chi connectivity index (χ4v) is 3.50. The van der Waals surface area contributed by atoms with Gasteiger partial charge < -0.3 is 4.74 Å². The molecule has 0 N–H and O–H groups in total. The zero-order valence-corrected chi connectivity index (χ0v) is 9.98. The van der Waals surface area contributed by atoms with Crippen molar-refractivity contribution in [2.75, 3.05) is 13.2 Å². The Morgan fingerprint density at radius 2 is 1.60 bits per heavy atom. The van der Waals surface area contributed by atoms with Crippen molar-refractivity contribution < 1.29 is 4.74 Å². The Bertz CT molecular complexity index is 223. The van der Waals surface area contributed by atoms with Crippen LogP contribution in [0.5, 0.6) is 0 Å². The molecule has 0 amide bonds. The minimum absolute atomic E-state index is 0.748. The van der Waals surface area contributed by atoms with Gasteiger partial charge in [0.15, 0.2) is 0 Å². The molecule has 0 aromatic heterocycles. The van der Waals surface area contributed by atoms with E-state index in [0.717, 1.165) is 43.2 Å². The van der Waals surface area contributed by atoms with Crippen LogP contribution in [0.3, 0.4) is 0 Å². The summed E-state index contributed by atoms with van der Waals surface area (Å²) in [6, 6.07) is 2.42. The fraction of sp³-hybridized carbons (Fsp3) is 1.00. The van der Waals surface area contributed by atoms with Crippen LogP contribution in [0.2, 0.25) is 0 Å². The van der Waals surface area contributed by atoms with Crippen LogP contribution in [-0.2, 0) is 4.74 Å². The number of nitrogens with zero attached hydrogens (tertiary/aromatic N) is 1. The molecule has 2 bridgehead atoms. The molecule has 2 heteroatoms. The minimum atomic E-state index is 0.748. The molecule has 1 saturated carbocycles. The second kappa shape index (κ2) is 3.74. The Morgan fingerprint density at radius 3 is 2.07 bits per heavy atom. The summed E-state index contributed by atoms with van der Waals surface area (Å²) in [7, 11) is 0. The lowest BCUT2D eigenvalue weighted by Gasteiger charge is -2.49. The van der Waals surface area contributed by atoms with Crippen molar-refractivity contribution in [3.8, 4) is 0 Å². The highest BCUT2D eigenvalue weighted by Crippen LogP contribution is 2.41. The summed E-state index contributed by atoms with van der Waals surface area (Å²) in [4.78, 5) is 2.81. The topological polar surface area (TPSA) is 12.5 Å². The first kappa shape index (κ1) is 10.1. The molecule has 2 saturated heterocycles. The second-order valence-corrected chi connectivity index (χ2v) is 6.00. The van der Waals surface area contributed by atoms with Crippen molar-refractivity contribution in [1.29, 1.82) is 0 Å². The number of piperidine rings is 1. The van der Waals surface area contributed by atoms with Gasteiger partial charge in [-0.05, 0) is 37.5 Å². The maximum Gasteiger partial charge on any atom is 0.0622 e. The fourth-order valence-electron chi connectivity index (χ4n) is 3.50. The van der Waals surface area contributed by atoms with Gasteiger partial charge in [0.2, 0.25) is 0 Å². The third-order valence-corrected chi connectivity index (χ3v) is 4.52. The lowest BCUT2D eigenvalue weighted by Crippen LogP contribution is -2.58. The van der Waals surface area contributed by atoms with Crippen LogP contribution in [-0.4, -0.2) is 36.2 Å². The van der Waals surface area contributed by atoms with Crippen LogP contribution in [0.1, 0.15) is 39.5 Å². The summed E-state index contributed by atoms with van der Waals surface area (Å²) >= 11 is 0. The van der Waals surface area contributed by atoms with E-state index in [2.05, 4.69) is 18.7 Å². The quantitative estimate of drug-likeness (QED) is 0.692. The first-order chi connectivity index (χ1) is 7.25. The van der Waals surface area contributed by atoms with Gasteiger partial charge in [-0.15, -0.1) is 0 Å². The van der Waals surface area contributed by atoms with Gasteiger partial charge in [-0.25, -0.2) is 0 Å². The highest BCUT2D eigenvalue weighted by Gasteiger charge is 2.45. The van der Waals surface area contributed by atoms with Crippen LogP contribution < -0.4 is 0 Å². The molecule has 0 aromatic rings. The molecular formula is C13H23NO. The molecule has 2 aliphatic heterocycles. The summed E-state index contributed by atoms with van der Waals surface area (Å²) in [5.41, 5.74) is 0. The smallest absolute Gasteiger partial charge is 0.0622 e. The van der Waals surface area contributed by atoms with E-state index in [1.807, 2.05) is 0 Å². The zero-order chi connectivity index (χ0) is 10.4. The van der Waals surface area contributed by atoms with Crippen LogP contribution in [0, 0.1) is 11.8 Å². The number of rotatable bonds is 2. The monoisotopic (exact) mass is 209 g/mol. The van der Waals surface area contributed by atoms with E-state index in [1.165, 1.54) is 25.7 Å². The maximum atomic E-state index is 5.73. The van der Waals surface area contributed by atoms with Gasteiger partial charge in [-0.1, -0.05) is 13.8 Å². The molecule has 2 nitrogen and oxygen atoms in total. The summed E-state index contributed by atoms with van der Waals surface area (Å²) < 4.78 is 5.73. The van der Waals surface area contributed by atoms with Crippen molar-refractivity contribution in [3.05, 3.63) is 0 Å². The lowest BCUT2D eigenvalue weighted by molar-refractivity contribution is -0.0969. The average Bonchev–Trinajstić information content (AvgIpc) is 2.98.